The maximum atomic E-state index is 12.6. The van der Waals surface area contributed by atoms with Gasteiger partial charge in [0.25, 0.3) is 0 Å². The van der Waals surface area contributed by atoms with E-state index in [4.69, 9.17) is 13.9 Å². The largest absolute Gasteiger partial charge is 0.493 e. The molecule has 37 heavy (non-hydrogen) atoms. The number of hydrogen-bond acceptors (Lipinski definition) is 7. The highest BCUT2D eigenvalue weighted by molar-refractivity contribution is 9.10. The highest BCUT2D eigenvalue weighted by Crippen LogP contribution is 2.32. The lowest BCUT2D eigenvalue weighted by atomic mass is 10.1. The molecule has 2 heterocycles. The summed E-state index contributed by atoms with van der Waals surface area (Å²) in [5.41, 5.74) is 2.98. The van der Waals surface area contributed by atoms with Crippen LogP contribution in [0.15, 0.2) is 91.9 Å². The third-order valence-corrected chi connectivity index (χ3v) is 6.93. The molecule has 0 bridgehead atoms. The molecule has 0 aliphatic carbocycles. The van der Waals surface area contributed by atoms with Crippen LogP contribution in [-0.2, 0) is 6.61 Å². The Morgan fingerprint density at radius 2 is 1.95 bits per heavy atom. The number of thiazole rings is 1. The van der Waals surface area contributed by atoms with E-state index in [2.05, 4.69) is 27.0 Å². The van der Waals surface area contributed by atoms with Crippen LogP contribution in [0.3, 0.4) is 0 Å². The van der Waals surface area contributed by atoms with E-state index < -0.39 is 5.63 Å². The first-order chi connectivity index (χ1) is 18.0. The molecule has 0 aliphatic rings. The normalized spacial score (nSPS) is 11.3. The number of nitrogens with zero attached hydrogens (tertiary/aromatic N) is 2. The summed E-state index contributed by atoms with van der Waals surface area (Å²) in [7, 11) is 1.57. The van der Waals surface area contributed by atoms with Crippen molar-refractivity contribution in [2.45, 2.75) is 6.61 Å². The number of fused-ring (bicyclic) bond motifs is 1. The summed E-state index contributed by atoms with van der Waals surface area (Å²) in [5, 5.41) is 12.9. The van der Waals surface area contributed by atoms with Crippen LogP contribution in [0.25, 0.3) is 33.9 Å². The first kappa shape index (κ1) is 24.5. The van der Waals surface area contributed by atoms with Crippen LogP contribution in [0.4, 0.5) is 0 Å². The Labute approximate surface area is 225 Å². The van der Waals surface area contributed by atoms with Gasteiger partial charge in [-0.2, -0.15) is 5.26 Å². The van der Waals surface area contributed by atoms with Crippen LogP contribution < -0.4 is 15.1 Å². The molecule has 0 saturated carbocycles. The number of methoxy groups -OCH3 is 1. The van der Waals surface area contributed by atoms with Gasteiger partial charge in [0.1, 0.15) is 23.3 Å². The van der Waals surface area contributed by atoms with Crippen LogP contribution in [0.5, 0.6) is 11.5 Å². The first-order valence-electron chi connectivity index (χ1n) is 11.2. The van der Waals surface area contributed by atoms with Crippen molar-refractivity contribution in [2.75, 3.05) is 7.11 Å². The number of halogens is 1. The van der Waals surface area contributed by atoms with Crippen molar-refractivity contribution in [1.29, 1.82) is 5.26 Å². The predicted octanol–water partition coefficient (Wildman–Crippen LogP) is 7.33. The van der Waals surface area contributed by atoms with Gasteiger partial charge < -0.3 is 13.9 Å². The van der Waals surface area contributed by atoms with Gasteiger partial charge in [-0.05, 0) is 53.6 Å². The lowest BCUT2D eigenvalue weighted by Gasteiger charge is -2.11. The first-order valence-corrected chi connectivity index (χ1v) is 12.9. The zero-order valence-electron chi connectivity index (χ0n) is 19.6. The predicted molar refractivity (Wildman–Crippen MR) is 149 cm³/mol. The molecule has 6 nitrogen and oxygen atoms in total. The van der Waals surface area contributed by atoms with Crippen LogP contribution in [0, 0.1) is 11.3 Å². The number of allylic oxidation sites excluding steroid dienone is 1. The topological polar surface area (TPSA) is 85.4 Å². The van der Waals surface area contributed by atoms with Gasteiger partial charge in [-0.25, -0.2) is 9.78 Å². The van der Waals surface area contributed by atoms with Crippen molar-refractivity contribution in [3.63, 3.8) is 0 Å². The fraction of sp³-hybridized carbons (Fsp3) is 0.0690. The molecule has 0 unspecified atom stereocenters. The van der Waals surface area contributed by atoms with E-state index in [1.807, 2.05) is 60.7 Å². The highest BCUT2D eigenvalue weighted by Gasteiger charge is 2.15. The molecule has 8 heteroatoms. The lowest BCUT2D eigenvalue weighted by molar-refractivity contribution is 0.284. The molecule has 0 N–H and O–H groups in total. The monoisotopic (exact) mass is 570 g/mol. The number of aromatic nitrogens is 1. The van der Waals surface area contributed by atoms with Crippen LogP contribution in [-0.4, -0.2) is 12.1 Å². The number of nitriles is 1. The van der Waals surface area contributed by atoms with Crippen molar-refractivity contribution in [3.8, 4) is 28.8 Å². The molecule has 182 valence electrons. The van der Waals surface area contributed by atoms with E-state index in [1.54, 1.807) is 30.7 Å². The minimum Gasteiger partial charge on any atom is -0.493 e. The van der Waals surface area contributed by atoms with Crippen molar-refractivity contribution < 1.29 is 13.9 Å². The zero-order chi connectivity index (χ0) is 25.8. The van der Waals surface area contributed by atoms with Gasteiger partial charge in [-0.3, -0.25) is 0 Å². The van der Waals surface area contributed by atoms with Crippen molar-refractivity contribution in [3.05, 3.63) is 109 Å². The summed E-state index contributed by atoms with van der Waals surface area (Å²) in [4.78, 5) is 17.1. The summed E-state index contributed by atoms with van der Waals surface area (Å²) in [6.07, 6.45) is 1.73. The quantitative estimate of drug-likeness (QED) is 0.150. The molecule has 2 aromatic heterocycles. The summed E-state index contributed by atoms with van der Waals surface area (Å²) >= 11 is 4.72. The van der Waals surface area contributed by atoms with E-state index in [9.17, 15) is 10.1 Å². The fourth-order valence-electron chi connectivity index (χ4n) is 3.73. The molecule has 0 atom stereocenters. The number of benzene rings is 3. The van der Waals surface area contributed by atoms with E-state index in [-0.39, 0.29) is 0 Å². The number of ether oxygens (including phenoxy) is 2. The average Bonchev–Trinajstić information content (AvgIpc) is 3.41. The third kappa shape index (κ3) is 5.48. The molecule has 0 radical (unpaired) electrons. The van der Waals surface area contributed by atoms with Gasteiger partial charge in [-0.15, -0.1) is 11.3 Å². The lowest BCUT2D eigenvalue weighted by Crippen LogP contribution is -2.03. The van der Waals surface area contributed by atoms with Gasteiger partial charge in [0.2, 0.25) is 0 Å². The van der Waals surface area contributed by atoms with Crippen LogP contribution in [0.1, 0.15) is 16.1 Å². The number of hydrogen-bond donors (Lipinski definition) is 0. The van der Waals surface area contributed by atoms with Gasteiger partial charge in [0.15, 0.2) is 11.5 Å². The second-order valence-corrected chi connectivity index (χ2v) is 9.80. The Bertz CT molecular complexity index is 1720. The molecule has 5 aromatic rings. The summed E-state index contributed by atoms with van der Waals surface area (Å²) in [6, 6.07) is 24.7. The molecule has 0 aliphatic heterocycles. The number of rotatable bonds is 7. The van der Waals surface area contributed by atoms with Crippen molar-refractivity contribution in [2.24, 2.45) is 0 Å². The molecule has 3 aromatic carbocycles. The standard InChI is InChI=1S/C29H19BrN2O4S/c1-34-27-12-19(7-9-26(27)35-16-18-5-3-2-4-6-18)11-21(15-31)28-32-24(17-37-28)23-14-20-13-22(30)8-10-25(20)36-29(23)33/h2-14,17H,16H2,1H3/b21-11-. The summed E-state index contributed by atoms with van der Waals surface area (Å²) in [6.45, 7) is 0.414. The van der Waals surface area contributed by atoms with E-state index in [0.717, 1.165) is 21.0 Å². The minimum absolute atomic E-state index is 0.340. The maximum Gasteiger partial charge on any atom is 0.345 e. The molecular weight excluding hydrogens is 552 g/mol. The average molecular weight is 571 g/mol. The minimum atomic E-state index is -0.481. The smallest absolute Gasteiger partial charge is 0.345 e. The van der Waals surface area contributed by atoms with Gasteiger partial charge in [0.05, 0.1) is 23.9 Å². The fourth-order valence-corrected chi connectivity index (χ4v) is 4.90. The molecule has 5 rings (SSSR count). The summed E-state index contributed by atoms with van der Waals surface area (Å²) < 4.78 is 17.8. The van der Waals surface area contributed by atoms with Gasteiger partial charge in [0, 0.05) is 15.2 Å². The van der Waals surface area contributed by atoms with Crippen LogP contribution >= 0.6 is 27.3 Å². The Morgan fingerprint density at radius 3 is 2.73 bits per heavy atom. The Hall–Kier alpha value is -4.19. The van der Waals surface area contributed by atoms with E-state index in [0.29, 0.717) is 45.5 Å². The van der Waals surface area contributed by atoms with Crippen molar-refractivity contribution in [1.82, 2.24) is 4.98 Å². The third-order valence-electron chi connectivity index (χ3n) is 5.56. The van der Waals surface area contributed by atoms with Crippen molar-refractivity contribution >= 4 is 49.9 Å². The highest BCUT2D eigenvalue weighted by atomic mass is 79.9. The van der Waals surface area contributed by atoms with E-state index >= 15 is 0 Å². The maximum absolute atomic E-state index is 12.6. The van der Waals surface area contributed by atoms with Crippen LogP contribution in [0.2, 0.25) is 0 Å². The van der Waals surface area contributed by atoms with E-state index in [1.165, 1.54) is 11.3 Å². The molecule has 0 spiro atoms. The Balaban J connectivity index is 1.41. The van der Waals surface area contributed by atoms with Gasteiger partial charge in [-0.1, -0.05) is 52.3 Å². The molecular formula is C29H19BrN2O4S. The molecule has 0 saturated heterocycles. The Morgan fingerprint density at radius 1 is 1.11 bits per heavy atom. The van der Waals surface area contributed by atoms with Gasteiger partial charge >= 0.3 is 5.63 Å². The Kier molecular flexibility index (Phi) is 7.17. The summed E-state index contributed by atoms with van der Waals surface area (Å²) in [5.74, 6) is 1.16. The molecule has 0 amide bonds. The second kappa shape index (κ2) is 10.8. The zero-order valence-corrected chi connectivity index (χ0v) is 22.0. The second-order valence-electron chi connectivity index (χ2n) is 8.02. The molecule has 0 fully saturated rings. The SMILES string of the molecule is COc1cc(/C=C(/C#N)c2nc(-c3cc4cc(Br)ccc4oc3=O)cs2)ccc1OCc1ccccc1.